The first-order valence-electron chi connectivity index (χ1n) is 7.29. The predicted molar refractivity (Wildman–Crippen MR) is 87.4 cm³/mol. The van der Waals surface area contributed by atoms with Gasteiger partial charge in [0.15, 0.2) is 5.82 Å². The summed E-state index contributed by atoms with van der Waals surface area (Å²) in [4.78, 5) is 1.88. The summed E-state index contributed by atoms with van der Waals surface area (Å²) in [6.07, 6.45) is 0. The normalized spacial score (nSPS) is 10.6. The molecule has 0 spiro atoms. The number of anilines is 1. The molecule has 6 nitrogen and oxygen atoms in total. The van der Waals surface area contributed by atoms with Crippen LogP contribution in [0.3, 0.4) is 0 Å². The van der Waals surface area contributed by atoms with Gasteiger partial charge in [-0.15, -0.1) is 10.2 Å². The van der Waals surface area contributed by atoms with Gasteiger partial charge in [-0.3, -0.25) is 0 Å². The van der Waals surface area contributed by atoms with Crippen LogP contribution in [0.4, 0.5) is 5.82 Å². The molecule has 0 atom stereocenters. The summed E-state index contributed by atoms with van der Waals surface area (Å²) in [5.41, 5.74) is 2.70. The van der Waals surface area contributed by atoms with E-state index in [0.29, 0.717) is 12.5 Å². The average molecular weight is 310 g/mol. The fourth-order valence-electron chi connectivity index (χ4n) is 2.16. The monoisotopic (exact) mass is 310 g/mol. The SMILES string of the molecule is Cc1onc(-c2ccccc2)c1COc1ccc(N(C)C)nn1. The predicted octanol–water partition coefficient (Wildman–Crippen LogP) is 3.09. The van der Waals surface area contributed by atoms with Crippen LogP contribution in [0.15, 0.2) is 47.0 Å². The third kappa shape index (κ3) is 3.31. The first-order valence-corrected chi connectivity index (χ1v) is 7.29. The summed E-state index contributed by atoms with van der Waals surface area (Å²) in [7, 11) is 3.83. The Morgan fingerprint density at radius 3 is 2.48 bits per heavy atom. The Labute approximate surface area is 134 Å². The van der Waals surface area contributed by atoms with Gasteiger partial charge in [0.1, 0.15) is 18.1 Å². The molecule has 2 aromatic heterocycles. The molecule has 3 rings (SSSR count). The number of ether oxygens (including phenoxy) is 1. The molecule has 3 aromatic rings. The fraction of sp³-hybridized carbons (Fsp3) is 0.235. The van der Waals surface area contributed by atoms with Gasteiger partial charge in [-0.25, -0.2) is 0 Å². The average Bonchev–Trinajstić information content (AvgIpc) is 2.95. The van der Waals surface area contributed by atoms with E-state index in [2.05, 4.69) is 15.4 Å². The maximum absolute atomic E-state index is 5.74. The Balaban J connectivity index is 1.77. The van der Waals surface area contributed by atoms with Gasteiger partial charge >= 0.3 is 0 Å². The molecule has 0 fully saturated rings. The standard InChI is InChI=1S/C17H18N4O2/c1-12-14(17(20-23-12)13-7-5-4-6-8-13)11-22-16-10-9-15(18-19-16)21(2)3/h4-10H,11H2,1-3H3. The smallest absolute Gasteiger partial charge is 0.233 e. The van der Waals surface area contributed by atoms with Crippen molar-refractivity contribution in [3.63, 3.8) is 0 Å². The minimum absolute atomic E-state index is 0.329. The zero-order chi connectivity index (χ0) is 16.2. The van der Waals surface area contributed by atoms with Crippen molar-refractivity contribution in [3.8, 4) is 17.1 Å². The van der Waals surface area contributed by atoms with Crippen LogP contribution >= 0.6 is 0 Å². The number of aromatic nitrogens is 3. The van der Waals surface area contributed by atoms with Gasteiger partial charge in [-0.05, 0) is 13.0 Å². The molecule has 0 amide bonds. The van der Waals surface area contributed by atoms with E-state index in [-0.39, 0.29) is 0 Å². The van der Waals surface area contributed by atoms with Crippen LogP contribution in [0.1, 0.15) is 11.3 Å². The van der Waals surface area contributed by atoms with Crippen molar-refractivity contribution < 1.29 is 9.26 Å². The van der Waals surface area contributed by atoms with Crippen molar-refractivity contribution in [1.82, 2.24) is 15.4 Å². The number of nitrogens with zero attached hydrogens (tertiary/aromatic N) is 4. The van der Waals surface area contributed by atoms with Crippen LogP contribution in [-0.4, -0.2) is 29.4 Å². The molecule has 2 heterocycles. The lowest BCUT2D eigenvalue weighted by atomic mass is 10.1. The molecule has 1 aromatic carbocycles. The second-order valence-electron chi connectivity index (χ2n) is 5.34. The highest BCUT2D eigenvalue weighted by Crippen LogP contribution is 2.26. The molecule has 6 heteroatoms. The van der Waals surface area contributed by atoms with Crippen LogP contribution in [0, 0.1) is 6.92 Å². The molecule has 0 bridgehead atoms. The number of hydrogen-bond donors (Lipinski definition) is 0. The first-order chi connectivity index (χ1) is 11.1. The van der Waals surface area contributed by atoms with Crippen LogP contribution in [0.25, 0.3) is 11.3 Å². The van der Waals surface area contributed by atoms with Gasteiger partial charge < -0.3 is 14.2 Å². The Morgan fingerprint density at radius 1 is 1.04 bits per heavy atom. The van der Waals surface area contributed by atoms with Crippen molar-refractivity contribution >= 4 is 5.82 Å². The maximum atomic E-state index is 5.74. The molecule has 0 N–H and O–H groups in total. The van der Waals surface area contributed by atoms with E-state index in [1.807, 2.05) is 62.3 Å². The Morgan fingerprint density at radius 2 is 1.83 bits per heavy atom. The minimum Gasteiger partial charge on any atom is -0.472 e. The molecule has 0 radical (unpaired) electrons. The van der Waals surface area contributed by atoms with Gasteiger partial charge in [-0.2, -0.15) is 0 Å². The Kier molecular flexibility index (Phi) is 4.23. The minimum atomic E-state index is 0.329. The second-order valence-corrected chi connectivity index (χ2v) is 5.34. The largest absolute Gasteiger partial charge is 0.472 e. The van der Waals surface area contributed by atoms with Crippen LogP contribution in [0.5, 0.6) is 5.88 Å². The Hall–Kier alpha value is -2.89. The van der Waals surface area contributed by atoms with Gasteiger partial charge in [-0.1, -0.05) is 35.5 Å². The van der Waals surface area contributed by atoms with Gasteiger partial charge in [0.05, 0.1) is 5.56 Å². The molecule has 0 saturated carbocycles. The van der Waals surface area contributed by atoms with Crippen LogP contribution in [-0.2, 0) is 6.61 Å². The van der Waals surface area contributed by atoms with Crippen LogP contribution in [0.2, 0.25) is 0 Å². The van der Waals surface area contributed by atoms with E-state index in [0.717, 1.165) is 28.4 Å². The molecule has 0 aliphatic heterocycles. The lowest BCUT2D eigenvalue weighted by Gasteiger charge is -2.10. The van der Waals surface area contributed by atoms with E-state index in [1.54, 1.807) is 6.07 Å². The van der Waals surface area contributed by atoms with Crippen molar-refractivity contribution in [2.45, 2.75) is 13.5 Å². The summed E-state index contributed by atoms with van der Waals surface area (Å²) < 4.78 is 11.1. The second kappa shape index (κ2) is 6.48. The number of aryl methyl sites for hydroxylation is 1. The summed E-state index contributed by atoms with van der Waals surface area (Å²) >= 11 is 0. The Bertz CT molecular complexity index is 767. The van der Waals surface area contributed by atoms with Gasteiger partial charge in [0.25, 0.3) is 0 Å². The topological polar surface area (TPSA) is 64.3 Å². The summed E-state index contributed by atoms with van der Waals surface area (Å²) in [6.45, 7) is 2.20. The summed E-state index contributed by atoms with van der Waals surface area (Å²) in [6, 6.07) is 13.5. The quantitative estimate of drug-likeness (QED) is 0.721. The third-order valence-electron chi connectivity index (χ3n) is 3.48. The van der Waals surface area contributed by atoms with E-state index in [4.69, 9.17) is 9.26 Å². The summed E-state index contributed by atoms with van der Waals surface area (Å²) in [5.74, 6) is 1.99. The highest BCUT2D eigenvalue weighted by Gasteiger charge is 2.15. The van der Waals surface area contributed by atoms with Crippen molar-refractivity contribution in [3.05, 3.63) is 53.8 Å². The zero-order valence-corrected chi connectivity index (χ0v) is 13.4. The molecule has 0 saturated heterocycles. The van der Waals surface area contributed by atoms with Gasteiger partial charge in [0.2, 0.25) is 5.88 Å². The first kappa shape index (κ1) is 15.0. The highest BCUT2D eigenvalue weighted by molar-refractivity contribution is 5.63. The van der Waals surface area contributed by atoms with Gasteiger partial charge in [0, 0.05) is 25.7 Å². The lowest BCUT2D eigenvalue weighted by molar-refractivity contribution is 0.287. The van der Waals surface area contributed by atoms with E-state index in [1.165, 1.54) is 0 Å². The molecule has 23 heavy (non-hydrogen) atoms. The molecule has 0 unspecified atom stereocenters. The highest BCUT2D eigenvalue weighted by atomic mass is 16.5. The molecular formula is C17H18N4O2. The van der Waals surface area contributed by atoms with E-state index < -0.39 is 0 Å². The maximum Gasteiger partial charge on any atom is 0.233 e. The summed E-state index contributed by atoms with van der Waals surface area (Å²) in [5, 5.41) is 12.3. The number of hydrogen-bond acceptors (Lipinski definition) is 6. The third-order valence-corrected chi connectivity index (χ3v) is 3.48. The van der Waals surface area contributed by atoms with E-state index >= 15 is 0 Å². The molecular weight excluding hydrogens is 292 g/mol. The van der Waals surface area contributed by atoms with Crippen molar-refractivity contribution in [2.24, 2.45) is 0 Å². The van der Waals surface area contributed by atoms with Crippen molar-refractivity contribution in [2.75, 3.05) is 19.0 Å². The number of benzene rings is 1. The fourth-order valence-corrected chi connectivity index (χ4v) is 2.16. The van der Waals surface area contributed by atoms with E-state index in [9.17, 15) is 0 Å². The van der Waals surface area contributed by atoms with Crippen molar-refractivity contribution in [1.29, 1.82) is 0 Å². The lowest BCUT2D eigenvalue weighted by Crippen LogP contribution is -2.11. The number of rotatable bonds is 5. The molecule has 0 aliphatic rings. The molecule has 118 valence electrons. The molecule has 0 aliphatic carbocycles. The zero-order valence-electron chi connectivity index (χ0n) is 13.4. The van der Waals surface area contributed by atoms with Crippen LogP contribution < -0.4 is 9.64 Å².